The molecule has 1 saturated carbocycles. The quantitative estimate of drug-likeness (QED) is 0.899. The highest BCUT2D eigenvalue weighted by molar-refractivity contribution is 6.34. The Bertz CT molecular complexity index is 556. The van der Waals surface area contributed by atoms with Gasteiger partial charge in [-0.05, 0) is 37.8 Å². The molecule has 5 heteroatoms. The number of rotatable bonds is 2. The fourth-order valence-electron chi connectivity index (χ4n) is 2.68. The molecule has 0 radical (unpaired) electrons. The van der Waals surface area contributed by atoms with Crippen LogP contribution in [-0.2, 0) is 9.59 Å². The summed E-state index contributed by atoms with van der Waals surface area (Å²) in [5.41, 5.74) is -0.176. The lowest BCUT2D eigenvalue weighted by molar-refractivity contribution is -0.136. The number of benzene rings is 1. The van der Waals surface area contributed by atoms with E-state index in [0.29, 0.717) is 10.7 Å². The molecule has 1 aliphatic heterocycles. The number of nitrogens with one attached hydrogen (secondary N) is 1. The van der Waals surface area contributed by atoms with Crippen molar-refractivity contribution in [1.82, 2.24) is 5.32 Å². The van der Waals surface area contributed by atoms with Crippen molar-refractivity contribution in [3.05, 3.63) is 29.3 Å². The lowest BCUT2D eigenvalue weighted by Gasteiger charge is -2.40. The third-order valence-electron chi connectivity index (χ3n) is 3.93. The number of nitrogens with zero attached hydrogens (tertiary/aromatic N) is 1. The fraction of sp³-hybridized carbons (Fsp3) is 0.429. The zero-order valence-electron chi connectivity index (χ0n) is 10.6. The summed E-state index contributed by atoms with van der Waals surface area (Å²) < 4.78 is 0. The maximum atomic E-state index is 12.7. The summed E-state index contributed by atoms with van der Waals surface area (Å²) in [7, 11) is 0. The van der Waals surface area contributed by atoms with E-state index in [4.69, 9.17) is 11.6 Å². The topological polar surface area (TPSA) is 49.4 Å². The van der Waals surface area contributed by atoms with Crippen LogP contribution in [0.3, 0.4) is 0 Å². The van der Waals surface area contributed by atoms with Gasteiger partial charge in [0.2, 0.25) is 5.91 Å². The van der Waals surface area contributed by atoms with Crippen molar-refractivity contribution in [3.8, 4) is 0 Å². The summed E-state index contributed by atoms with van der Waals surface area (Å²) in [4.78, 5) is 26.1. The van der Waals surface area contributed by atoms with E-state index in [2.05, 4.69) is 5.32 Å². The van der Waals surface area contributed by atoms with Gasteiger partial charge >= 0.3 is 0 Å². The Kier molecular flexibility index (Phi) is 2.78. The average Bonchev–Trinajstić information content (AvgIpc) is 3.19. The SMILES string of the molecule is CC1(C2CC2)NC(=O)CN(c2ccccc2Cl)C1=O. The minimum Gasteiger partial charge on any atom is -0.340 e. The molecule has 1 saturated heterocycles. The lowest BCUT2D eigenvalue weighted by atomic mass is 9.91. The first-order valence-corrected chi connectivity index (χ1v) is 6.77. The number of halogens is 1. The summed E-state index contributed by atoms with van der Waals surface area (Å²) in [5.74, 6) is 0.0471. The third kappa shape index (κ3) is 2.00. The molecule has 1 atom stereocenters. The summed E-state index contributed by atoms with van der Waals surface area (Å²) in [6.45, 7) is 1.85. The van der Waals surface area contributed by atoms with Crippen LogP contribution in [0.1, 0.15) is 19.8 Å². The Morgan fingerprint density at radius 2 is 2.00 bits per heavy atom. The van der Waals surface area contributed by atoms with Crippen LogP contribution in [0.4, 0.5) is 5.69 Å². The number of anilines is 1. The van der Waals surface area contributed by atoms with Gasteiger partial charge in [-0.1, -0.05) is 23.7 Å². The van der Waals surface area contributed by atoms with Crippen LogP contribution in [0.5, 0.6) is 0 Å². The highest BCUT2D eigenvalue weighted by atomic mass is 35.5. The monoisotopic (exact) mass is 278 g/mol. The summed E-state index contributed by atoms with van der Waals surface area (Å²) in [6, 6.07) is 7.12. The van der Waals surface area contributed by atoms with Crippen molar-refractivity contribution in [2.75, 3.05) is 11.4 Å². The van der Waals surface area contributed by atoms with Gasteiger partial charge < -0.3 is 5.32 Å². The molecule has 19 heavy (non-hydrogen) atoms. The number of piperazine rings is 1. The first-order valence-electron chi connectivity index (χ1n) is 6.40. The highest BCUT2D eigenvalue weighted by Gasteiger charge is 2.53. The number of hydrogen-bond donors (Lipinski definition) is 1. The van der Waals surface area contributed by atoms with Gasteiger partial charge in [-0.3, -0.25) is 14.5 Å². The summed E-state index contributed by atoms with van der Waals surface area (Å²) >= 11 is 6.13. The zero-order chi connectivity index (χ0) is 13.6. The molecule has 1 unspecified atom stereocenters. The second kappa shape index (κ2) is 4.23. The Morgan fingerprint density at radius 1 is 1.32 bits per heavy atom. The molecule has 0 spiro atoms. The normalized spacial score (nSPS) is 27.4. The van der Waals surface area contributed by atoms with E-state index in [1.165, 1.54) is 4.90 Å². The molecule has 1 aromatic rings. The molecule has 0 bridgehead atoms. The molecular weight excluding hydrogens is 264 g/mol. The second-order valence-electron chi connectivity index (χ2n) is 5.37. The molecule has 1 N–H and O–H groups in total. The van der Waals surface area contributed by atoms with Crippen LogP contribution < -0.4 is 10.2 Å². The molecule has 2 fully saturated rings. The van der Waals surface area contributed by atoms with Crippen molar-refractivity contribution < 1.29 is 9.59 Å². The Morgan fingerprint density at radius 3 is 2.63 bits per heavy atom. The summed E-state index contributed by atoms with van der Waals surface area (Å²) in [6.07, 6.45) is 1.97. The van der Waals surface area contributed by atoms with Crippen LogP contribution in [0.15, 0.2) is 24.3 Å². The van der Waals surface area contributed by atoms with Crippen LogP contribution in [-0.4, -0.2) is 23.9 Å². The van der Waals surface area contributed by atoms with Gasteiger partial charge in [0.05, 0.1) is 10.7 Å². The van der Waals surface area contributed by atoms with Crippen molar-refractivity contribution in [1.29, 1.82) is 0 Å². The van der Waals surface area contributed by atoms with Gasteiger partial charge in [0.1, 0.15) is 12.1 Å². The van der Waals surface area contributed by atoms with Crippen LogP contribution >= 0.6 is 11.6 Å². The van der Waals surface area contributed by atoms with Crippen molar-refractivity contribution in [3.63, 3.8) is 0 Å². The first-order chi connectivity index (χ1) is 9.02. The standard InChI is InChI=1S/C14H15ClN2O2/c1-14(9-6-7-9)13(19)17(8-12(18)16-14)11-5-3-2-4-10(11)15/h2-5,9H,6-8H2,1H3,(H,16,18). The molecule has 0 aromatic heterocycles. The number of carbonyl (C=O) groups is 2. The van der Waals surface area contributed by atoms with Crippen molar-refractivity contribution in [2.24, 2.45) is 5.92 Å². The molecule has 2 aliphatic rings. The van der Waals surface area contributed by atoms with Gasteiger partial charge in [-0.15, -0.1) is 0 Å². The molecule has 3 rings (SSSR count). The predicted octanol–water partition coefficient (Wildman–Crippen LogP) is 1.97. The van der Waals surface area contributed by atoms with E-state index in [1.54, 1.807) is 18.2 Å². The van der Waals surface area contributed by atoms with Crippen molar-refractivity contribution in [2.45, 2.75) is 25.3 Å². The van der Waals surface area contributed by atoms with Gasteiger partial charge in [0.15, 0.2) is 0 Å². The smallest absolute Gasteiger partial charge is 0.253 e. The number of hydrogen-bond acceptors (Lipinski definition) is 2. The van der Waals surface area contributed by atoms with Crippen molar-refractivity contribution >= 4 is 29.1 Å². The molecule has 1 aliphatic carbocycles. The van der Waals surface area contributed by atoms with Gasteiger partial charge in [0, 0.05) is 0 Å². The molecule has 2 amide bonds. The minimum absolute atomic E-state index is 0.0326. The maximum absolute atomic E-state index is 12.7. The van der Waals surface area contributed by atoms with Crippen LogP contribution in [0, 0.1) is 5.92 Å². The average molecular weight is 279 g/mol. The van der Waals surface area contributed by atoms with E-state index in [0.717, 1.165) is 12.8 Å². The lowest BCUT2D eigenvalue weighted by Crippen LogP contribution is -2.66. The van der Waals surface area contributed by atoms with Crippen LogP contribution in [0.2, 0.25) is 5.02 Å². The molecule has 100 valence electrons. The zero-order valence-corrected chi connectivity index (χ0v) is 11.4. The summed E-state index contributed by atoms with van der Waals surface area (Å²) in [5, 5.41) is 3.34. The number of amides is 2. The van der Waals surface area contributed by atoms with Crippen LogP contribution in [0.25, 0.3) is 0 Å². The number of para-hydroxylation sites is 1. The Balaban J connectivity index is 1.99. The molecule has 1 heterocycles. The third-order valence-corrected chi connectivity index (χ3v) is 4.25. The van der Waals surface area contributed by atoms with E-state index < -0.39 is 5.54 Å². The van der Waals surface area contributed by atoms with Gasteiger partial charge in [0.25, 0.3) is 5.91 Å². The maximum Gasteiger partial charge on any atom is 0.253 e. The predicted molar refractivity (Wildman–Crippen MR) is 73.1 cm³/mol. The van der Waals surface area contributed by atoms with Gasteiger partial charge in [-0.25, -0.2) is 0 Å². The Labute approximate surface area is 116 Å². The Hall–Kier alpha value is -1.55. The fourth-order valence-corrected chi connectivity index (χ4v) is 2.92. The van der Waals surface area contributed by atoms with E-state index in [9.17, 15) is 9.59 Å². The number of carbonyl (C=O) groups excluding carboxylic acids is 2. The second-order valence-corrected chi connectivity index (χ2v) is 5.77. The van der Waals surface area contributed by atoms with Gasteiger partial charge in [-0.2, -0.15) is 0 Å². The molecular formula is C14H15ClN2O2. The van der Waals surface area contributed by atoms with E-state index >= 15 is 0 Å². The molecule has 4 nitrogen and oxygen atoms in total. The highest BCUT2D eigenvalue weighted by Crippen LogP contribution is 2.42. The van der Waals surface area contributed by atoms with E-state index in [1.807, 2.05) is 13.0 Å². The van der Waals surface area contributed by atoms with E-state index in [-0.39, 0.29) is 24.3 Å². The first kappa shape index (κ1) is 12.5. The largest absolute Gasteiger partial charge is 0.340 e. The minimum atomic E-state index is -0.783. The molecule has 1 aromatic carbocycles.